The highest BCUT2D eigenvalue weighted by Gasteiger charge is 2.44. The van der Waals surface area contributed by atoms with Gasteiger partial charge >= 0.3 is 0 Å². The van der Waals surface area contributed by atoms with E-state index in [1.54, 1.807) is 44.2 Å². The molecule has 2 atom stereocenters. The molecule has 2 aromatic carbocycles. The predicted molar refractivity (Wildman–Crippen MR) is 136 cm³/mol. The molecule has 11 heteroatoms. The molecular weight excluding hydrogens is 490 g/mol. The number of hydrogen-bond acceptors (Lipinski definition) is 6. The molecule has 0 amide bonds. The van der Waals surface area contributed by atoms with Gasteiger partial charge in [-0.15, -0.1) is 0 Å². The number of aliphatic imine (C=N–C) groups is 1. The Morgan fingerprint density at radius 1 is 1.29 bits per heavy atom. The SMILES string of the molecule is CC(C)CN(C)S(=O)(=O)c1ccc2c(c1)[C@@H](N=C(NC#N)Nc1ccc(Cl)cc1)[C@H](O)C(C)(C)O2. The number of nitrogens with zero attached hydrogens (tertiary/aromatic N) is 3. The molecule has 0 saturated carbocycles. The maximum atomic E-state index is 13.2. The lowest BCUT2D eigenvalue weighted by Gasteiger charge is -2.40. The molecule has 1 heterocycles. The molecule has 35 heavy (non-hydrogen) atoms. The van der Waals surface area contributed by atoms with Crippen LogP contribution in [0.25, 0.3) is 0 Å². The number of anilines is 1. The molecule has 9 nitrogen and oxygen atoms in total. The third-order valence-electron chi connectivity index (χ3n) is 5.56. The lowest BCUT2D eigenvalue weighted by molar-refractivity contribution is -0.0568. The fourth-order valence-electron chi connectivity index (χ4n) is 3.80. The third-order valence-corrected chi connectivity index (χ3v) is 7.64. The number of guanidine groups is 1. The van der Waals surface area contributed by atoms with Crippen molar-refractivity contribution in [3.8, 4) is 11.9 Å². The van der Waals surface area contributed by atoms with E-state index in [1.165, 1.54) is 23.5 Å². The minimum Gasteiger partial charge on any atom is -0.485 e. The number of nitrogens with one attached hydrogen (secondary N) is 2. The topological polar surface area (TPSA) is 127 Å². The van der Waals surface area contributed by atoms with E-state index in [0.717, 1.165) is 0 Å². The number of benzene rings is 2. The number of nitriles is 1. The summed E-state index contributed by atoms with van der Waals surface area (Å²) >= 11 is 5.95. The molecule has 3 N–H and O–H groups in total. The molecule has 0 aliphatic carbocycles. The van der Waals surface area contributed by atoms with Gasteiger partial charge in [-0.3, -0.25) is 5.32 Å². The first-order valence-electron chi connectivity index (χ1n) is 11.1. The molecule has 0 fully saturated rings. The van der Waals surface area contributed by atoms with Gasteiger partial charge in [-0.2, -0.15) is 5.26 Å². The number of fused-ring (bicyclic) bond motifs is 1. The van der Waals surface area contributed by atoms with Crippen LogP contribution in [0, 0.1) is 17.4 Å². The average Bonchev–Trinajstić information content (AvgIpc) is 2.77. The summed E-state index contributed by atoms with van der Waals surface area (Å²) < 4.78 is 33.6. The minimum absolute atomic E-state index is 0.0653. The summed E-state index contributed by atoms with van der Waals surface area (Å²) in [5, 5.41) is 26.4. The fraction of sp³-hybridized carbons (Fsp3) is 0.417. The van der Waals surface area contributed by atoms with Crippen molar-refractivity contribution < 1.29 is 18.3 Å². The van der Waals surface area contributed by atoms with E-state index in [1.807, 2.05) is 20.0 Å². The second-order valence-electron chi connectivity index (χ2n) is 9.32. The van der Waals surface area contributed by atoms with E-state index >= 15 is 0 Å². The van der Waals surface area contributed by atoms with Crippen LogP contribution in [-0.4, -0.2) is 49.1 Å². The Bertz CT molecular complexity index is 1240. The molecule has 0 aromatic heterocycles. The summed E-state index contributed by atoms with van der Waals surface area (Å²) in [6, 6.07) is 10.4. The Morgan fingerprint density at radius 3 is 2.54 bits per heavy atom. The Kier molecular flexibility index (Phi) is 7.97. The zero-order chi connectivity index (χ0) is 26.0. The Hall–Kier alpha value is -2.84. The summed E-state index contributed by atoms with van der Waals surface area (Å²) in [5.74, 6) is 0.629. The van der Waals surface area contributed by atoms with Gasteiger partial charge in [0.2, 0.25) is 16.0 Å². The normalized spacial score (nSPS) is 19.6. The number of sulfonamides is 1. The summed E-state index contributed by atoms with van der Waals surface area (Å²) in [7, 11) is -2.25. The maximum absolute atomic E-state index is 13.2. The van der Waals surface area contributed by atoms with Crippen molar-refractivity contribution in [2.45, 2.75) is 50.3 Å². The van der Waals surface area contributed by atoms with Crippen LogP contribution in [0.15, 0.2) is 52.4 Å². The minimum atomic E-state index is -3.78. The largest absolute Gasteiger partial charge is 0.485 e. The van der Waals surface area contributed by atoms with Crippen LogP contribution in [0.3, 0.4) is 0 Å². The Labute approximate surface area is 211 Å². The van der Waals surface area contributed by atoms with Gasteiger partial charge in [-0.1, -0.05) is 25.4 Å². The van der Waals surface area contributed by atoms with Crippen molar-refractivity contribution in [3.63, 3.8) is 0 Å². The van der Waals surface area contributed by atoms with Crippen molar-refractivity contribution in [2.75, 3.05) is 18.9 Å². The van der Waals surface area contributed by atoms with Gasteiger partial charge in [0, 0.05) is 29.9 Å². The van der Waals surface area contributed by atoms with Crippen molar-refractivity contribution in [3.05, 3.63) is 53.1 Å². The smallest absolute Gasteiger partial charge is 0.242 e. The number of hydrogen-bond donors (Lipinski definition) is 3. The molecule has 0 spiro atoms. The van der Waals surface area contributed by atoms with Crippen molar-refractivity contribution in [2.24, 2.45) is 10.9 Å². The molecule has 0 unspecified atom stereocenters. The highest BCUT2D eigenvalue weighted by atomic mass is 35.5. The summed E-state index contributed by atoms with van der Waals surface area (Å²) in [6.45, 7) is 7.66. The molecule has 0 bridgehead atoms. The average molecular weight is 520 g/mol. The number of aliphatic hydroxyl groups excluding tert-OH is 1. The van der Waals surface area contributed by atoms with Gasteiger partial charge in [0.05, 0.1) is 4.90 Å². The highest BCUT2D eigenvalue weighted by Crippen LogP contribution is 2.43. The monoisotopic (exact) mass is 519 g/mol. The van der Waals surface area contributed by atoms with Crippen molar-refractivity contribution in [1.29, 1.82) is 5.26 Å². The van der Waals surface area contributed by atoms with Gasteiger partial charge in [0.15, 0.2) is 6.19 Å². The van der Waals surface area contributed by atoms with Crippen molar-refractivity contribution >= 4 is 33.3 Å². The van der Waals surface area contributed by atoms with E-state index < -0.39 is 27.8 Å². The van der Waals surface area contributed by atoms with E-state index in [0.29, 0.717) is 28.6 Å². The first-order valence-corrected chi connectivity index (χ1v) is 12.9. The van der Waals surface area contributed by atoms with Gasteiger partial charge < -0.3 is 15.2 Å². The number of aliphatic hydroxyl groups is 1. The summed E-state index contributed by atoms with van der Waals surface area (Å²) in [4.78, 5) is 4.64. The zero-order valence-corrected chi connectivity index (χ0v) is 21.9. The van der Waals surface area contributed by atoms with Gasteiger partial charge in [-0.05, 0) is 62.2 Å². The zero-order valence-electron chi connectivity index (χ0n) is 20.3. The lowest BCUT2D eigenvalue weighted by atomic mass is 9.87. The van der Waals surface area contributed by atoms with Crippen LogP contribution in [0.1, 0.15) is 39.3 Å². The molecule has 1 aliphatic rings. The Balaban J connectivity index is 2.08. The molecule has 1 aliphatic heterocycles. The van der Waals surface area contributed by atoms with Crippen LogP contribution in [0.4, 0.5) is 5.69 Å². The Morgan fingerprint density at radius 2 is 1.94 bits per heavy atom. The standard InChI is InChI=1S/C24H30ClN5O4S/c1-15(2)13-30(5)35(32,33)18-10-11-20-19(12-18)21(22(31)24(3,4)34-20)29-23(27-14-26)28-17-8-6-16(25)7-9-17/h6-12,15,21-22,31H,13H2,1-5H3,(H2,27,28,29)/t21-,22+/m1/s1. The quantitative estimate of drug-likeness (QED) is 0.229. The number of ether oxygens (including phenoxy) is 1. The molecular formula is C24H30ClN5O4S. The van der Waals surface area contributed by atoms with Crippen LogP contribution >= 0.6 is 11.6 Å². The number of halogens is 1. The summed E-state index contributed by atoms with van der Waals surface area (Å²) in [5.41, 5.74) is -0.0110. The maximum Gasteiger partial charge on any atom is 0.242 e. The van der Waals surface area contributed by atoms with E-state index in [4.69, 9.17) is 16.3 Å². The highest BCUT2D eigenvalue weighted by molar-refractivity contribution is 7.89. The van der Waals surface area contributed by atoms with Crippen LogP contribution in [0.5, 0.6) is 5.75 Å². The van der Waals surface area contributed by atoms with Gasteiger partial charge in [-0.25, -0.2) is 17.7 Å². The van der Waals surface area contributed by atoms with Crippen LogP contribution in [0.2, 0.25) is 5.02 Å². The molecule has 2 aromatic rings. The summed E-state index contributed by atoms with van der Waals surface area (Å²) in [6.07, 6.45) is 0.697. The predicted octanol–water partition coefficient (Wildman–Crippen LogP) is 3.73. The second kappa shape index (κ2) is 10.4. The first-order chi connectivity index (χ1) is 16.3. The van der Waals surface area contributed by atoms with E-state index in [2.05, 4.69) is 15.6 Å². The van der Waals surface area contributed by atoms with Crippen LogP contribution < -0.4 is 15.4 Å². The first kappa shape index (κ1) is 26.8. The van der Waals surface area contributed by atoms with E-state index in [-0.39, 0.29) is 16.8 Å². The molecule has 3 rings (SSSR count). The molecule has 0 saturated heterocycles. The molecule has 0 radical (unpaired) electrons. The van der Waals surface area contributed by atoms with E-state index in [9.17, 15) is 18.8 Å². The lowest BCUT2D eigenvalue weighted by Crippen LogP contribution is -2.49. The fourth-order valence-corrected chi connectivity index (χ4v) is 5.29. The number of rotatable bonds is 6. The van der Waals surface area contributed by atoms with Gasteiger partial charge in [0.25, 0.3) is 0 Å². The van der Waals surface area contributed by atoms with Gasteiger partial charge in [0.1, 0.15) is 23.5 Å². The van der Waals surface area contributed by atoms with Crippen molar-refractivity contribution in [1.82, 2.24) is 9.62 Å². The van der Waals surface area contributed by atoms with Crippen LogP contribution in [-0.2, 0) is 10.0 Å². The second-order valence-corrected chi connectivity index (χ2v) is 11.8. The molecule has 188 valence electrons. The third kappa shape index (κ3) is 6.05.